The van der Waals surface area contributed by atoms with Crippen molar-refractivity contribution in [3.63, 3.8) is 0 Å². The molecule has 3 rings (SSSR count). The third-order valence-electron chi connectivity index (χ3n) is 4.26. The molecule has 1 nitrogen and oxygen atoms in total. The molecule has 0 amide bonds. The van der Waals surface area contributed by atoms with Crippen LogP contribution in [0.2, 0.25) is 0 Å². The van der Waals surface area contributed by atoms with E-state index in [1.165, 1.54) is 12.1 Å². The van der Waals surface area contributed by atoms with Crippen molar-refractivity contribution in [1.29, 1.82) is 0 Å². The summed E-state index contributed by atoms with van der Waals surface area (Å²) in [5, 5.41) is 0. The van der Waals surface area contributed by atoms with Gasteiger partial charge in [0.15, 0.2) is 0 Å². The zero-order chi connectivity index (χ0) is 19.4. The minimum atomic E-state index is -1.63. The second-order valence-electron chi connectivity index (χ2n) is 6.02. The van der Waals surface area contributed by atoms with Gasteiger partial charge < -0.3 is 4.74 Å². The van der Waals surface area contributed by atoms with Crippen LogP contribution in [0.1, 0.15) is 16.7 Å². The van der Waals surface area contributed by atoms with Crippen LogP contribution >= 0.6 is 34.8 Å². The molecule has 139 valence electrons. The highest BCUT2D eigenvalue weighted by molar-refractivity contribution is 6.67. The number of hydrogen-bond donors (Lipinski definition) is 0. The van der Waals surface area contributed by atoms with E-state index in [0.717, 1.165) is 22.8 Å². The fraction of sp³-hybridized carbons (Fsp3) is 0.136. The van der Waals surface area contributed by atoms with E-state index in [4.69, 9.17) is 39.5 Å². The van der Waals surface area contributed by atoms with E-state index in [-0.39, 0.29) is 5.82 Å². The highest BCUT2D eigenvalue weighted by atomic mass is 35.6. The molecule has 0 aliphatic rings. The Morgan fingerprint density at radius 1 is 0.889 bits per heavy atom. The fourth-order valence-electron chi connectivity index (χ4n) is 3.01. The maximum absolute atomic E-state index is 13.4. The van der Waals surface area contributed by atoms with Gasteiger partial charge in [0.25, 0.3) is 0 Å². The third-order valence-corrected chi connectivity index (χ3v) is 4.87. The smallest absolute Gasteiger partial charge is 0.216 e. The molecule has 3 aromatic carbocycles. The standard InChI is InChI=1S/C22H17Cl3FO/c1-27-20(14-15-6-3-2-4-7-15)18-8-5-9-19(22(23,24)25)21(18)16-10-12-17(26)13-11-16/h2-13H,14H2,1H3. The number of halogens is 4. The van der Waals surface area contributed by atoms with Crippen molar-refractivity contribution >= 4 is 34.8 Å². The summed E-state index contributed by atoms with van der Waals surface area (Å²) in [6, 6.07) is 21.6. The Bertz CT molecular complexity index is 890. The minimum Gasteiger partial charge on any atom is -0.370 e. The molecule has 0 aliphatic heterocycles. The van der Waals surface area contributed by atoms with Gasteiger partial charge in [-0.25, -0.2) is 4.39 Å². The van der Waals surface area contributed by atoms with Crippen molar-refractivity contribution in [2.75, 3.05) is 7.11 Å². The first-order chi connectivity index (χ1) is 12.9. The molecule has 0 saturated carbocycles. The van der Waals surface area contributed by atoms with Gasteiger partial charge in [0, 0.05) is 19.1 Å². The predicted molar refractivity (Wildman–Crippen MR) is 111 cm³/mol. The summed E-state index contributed by atoms with van der Waals surface area (Å²) in [5.41, 5.74) is 3.87. The highest BCUT2D eigenvalue weighted by Gasteiger charge is 2.30. The number of alkyl halides is 3. The fourth-order valence-corrected chi connectivity index (χ4v) is 3.48. The molecule has 0 heterocycles. The largest absolute Gasteiger partial charge is 0.370 e. The minimum absolute atomic E-state index is 0.327. The van der Waals surface area contributed by atoms with Crippen LogP contribution in [0, 0.1) is 11.9 Å². The molecule has 0 fully saturated rings. The van der Waals surface area contributed by atoms with E-state index in [0.29, 0.717) is 17.5 Å². The maximum Gasteiger partial charge on any atom is 0.216 e. The lowest BCUT2D eigenvalue weighted by molar-refractivity contribution is 0.224. The van der Waals surface area contributed by atoms with Crippen LogP contribution in [0.25, 0.3) is 11.1 Å². The Balaban J connectivity index is 2.15. The van der Waals surface area contributed by atoms with Crippen LogP contribution in [-0.4, -0.2) is 7.11 Å². The van der Waals surface area contributed by atoms with Gasteiger partial charge in [-0.05, 0) is 34.4 Å². The predicted octanol–water partition coefficient (Wildman–Crippen LogP) is 7.09. The van der Waals surface area contributed by atoms with E-state index < -0.39 is 3.79 Å². The van der Waals surface area contributed by atoms with E-state index in [1.54, 1.807) is 25.3 Å². The average molecular weight is 423 g/mol. The summed E-state index contributed by atoms with van der Waals surface area (Å²) in [6.45, 7) is 0. The molecule has 1 radical (unpaired) electrons. The number of hydrogen-bond acceptors (Lipinski definition) is 1. The van der Waals surface area contributed by atoms with Gasteiger partial charge in [0.1, 0.15) is 11.9 Å². The molecule has 0 N–H and O–H groups in total. The summed E-state index contributed by atoms with van der Waals surface area (Å²) >= 11 is 18.7. The van der Waals surface area contributed by atoms with Crippen LogP contribution < -0.4 is 0 Å². The molecule has 0 bridgehead atoms. The number of benzene rings is 3. The summed E-state index contributed by atoms with van der Waals surface area (Å²) in [6.07, 6.45) is 1.31. The number of methoxy groups -OCH3 is 1. The molecule has 3 aromatic rings. The van der Waals surface area contributed by atoms with E-state index >= 15 is 0 Å². The Hall–Kier alpha value is -1.58. The van der Waals surface area contributed by atoms with Crippen LogP contribution in [0.4, 0.5) is 4.39 Å². The summed E-state index contributed by atoms with van der Waals surface area (Å²) in [7, 11) is 1.62. The van der Waals surface area contributed by atoms with Gasteiger partial charge >= 0.3 is 0 Å². The van der Waals surface area contributed by atoms with Crippen molar-refractivity contribution in [3.05, 3.63) is 101 Å². The van der Waals surface area contributed by atoms with Gasteiger partial charge in [-0.3, -0.25) is 0 Å². The number of rotatable bonds is 5. The lowest BCUT2D eigenvalue weighted by atomic mass is 9.89. The van der Waals surface area contributed by atoms with Gasteiger partial charge in [0.2, 0.25) is 3.79 Å². The van der Waals surface area contributed by atoms with Gasteiger partial charge in [-0.15, -0.1) is 0 Å². The molecule has 0 spiro atoms. The van der Waals surface area contributed by atoms with Gasteiger partial charge in [0.05, 0.1) is 0 Å². The van der Waals surface area contributed by atoms with Gasteiger partial charge in [-0.2, -0.15) is 0 Å². The lowest BCUT2D eigenvalue weighted by Crippen LogP contribution is -2.12. The van der Waals surface area contributed by atoms with Crippen molar-refractivity contribution in [2.45, 2.75) is 10.2 Å². The third kappa shape index (κ3) is 4.83. The van der Waals surface area contributed by atoms with Crippen LogP contribution in [0.3, 0.4) is 0 Å². The second-order valence-corrected chi connectivity index (χ2v) is 8.30. The monoisotopic (exact) mass is 421 g/mol. The van der Waals surface area contributed by atoms with Crippen LogP contribution in [0.5, 0.6) is 0 Å². The molecule has 5 heteroatoms. The average Bonchev–Trinajstić information content (AvgIpc) is 2.66. The first kappa shape index (κ1) is 20.2. The first-order valence-electron chi connectivity index (χ1n) is 8.30. The summed E-state index contributed by atoms with van der Waals surface area (Å²) < 4.78 is 17.5. The molecule has 27 heavy (non-hydrogen) atoms. The molecule has 0 saturated heterocycles. The second kappa shape index (κ2) is 8.62. The Morgan fingerprint density at radius 2 is 1.56 bits per heavy atom. The molecule has 0 aromatic heterocycles. The van der Waals surface area contributed by atoms with Gasteiger partial charge in [-0.1, -0.05) is 95.5 Å². The van der Waals surface area contributed by atoms with Crippen molar-refractivity contribution in [1.82, 2.24) is 0 Å². The van der Waals surface area contributed by atoms with E-state index in [2.05, 4.69) is 0 Å². The molecule has 0 unspecified atom stereocenters. The van der Waals surface area contributed by atoms with Crippen molar-refractivity contribution < 1.29 is 9.13 Å². The van der Waals surface area contributed by atoms with Crippen molar-refractivity contribution in [3.8, 4) is 11.1 Å². The highest BCUT2D eigenvalue weighted by Crippen LogP contribution is 2.46. The van der Waals surface area contributed by atoms with Crippen molar-refractivity contribution in [2.24, 2.45) is 0 Å². The summed E-state index contributed by atoms with van der Waals surface area (Å²) in [4.78, 5) is 0. The Labute approximate surface area is 173 Å². The zero-order valence-corrected chi connectivity index (χ0v) is 16.8. The zero-order valence-electron chi connectivity index (χ0n) is 14.6. The Kier molecular flexibility index (Phi) is 6.44. The normalized spacial score (nSPS) is 11.8. The maximum atomic E-state index is 13.4. The SMILES string of the molecule is CO[C](Cc1ccccc1)c1cccc(C(Cl)(Cl)Cl)c1-c1ccc(F)cc1. The lowest BCUT2D eigenvalue weighted by Gasteiger charge is -2.24. The van der Waals surface area contributed by atoms with Crippen LogP contribution in [-0.2, 0) is 15.0 Å². The topological polar surface area (TPSA) is 9.23 Å². The Morgan fingerprint density at radius 3 is 2.15 bits per heavy atom. The number of ether oxygens (including phenoxy) is 1. The van der Waals surface area contributed by atoms with E-state index in [1.807, 2.05) is 42.5 Å². The summed E-state index contributed by atoms with van der Waals surface area (Å²) in [5.74, 6) is -0.327. The first-order valence-corrected chi connectivity index (χ1v) is 9.44. The quantitative estimate of drug-likeness (QED) is 0.399. The molecular weight excluding hydrogens is 406 g/mol. The van der Waals surface area contributed by atoms with E-state index in [9.17, 15) is 4.39 Å². The molecule has 0 aliphatic carbocycles. The molecular formula is C22H17Cl3FO. The molecule has 0 atom stereocenters. The van der Waals surface area contributed by atoms with Crippen LogP contribution in [0.15, 0.2) is 72.8 Å².